The molecule has 0 fully saturated rings. The van der Waals surface area contributed by atoms with E-state index >= 15 is 0 Å². The van der Waals surface area contributed by atoms with Crippen LogP contribution >= 0.6 is 0 Å². The van der Waals surface area contributed by atoms with Gasteiger partial charge < -0.3 is 9.64 Å². The van der Waals surface area contributed by atoms with Gasteiger partial charge in [-0.2, -0.15) is 0 Å². The lowest BCUT2D eigenvalue weighted by atomic mass is 10.2. The van der Waals surface area contributed by atoms with Crippen molar-refractivity contribution in [1.82, 2.24) is 4.90 Å². The van der Waals surface area contributed by atoms with E-state index in [1.165, 1.54) is 11.0 Å². The molecule has 0 aromatic carbocycles. The molecule has 78 valence electrons. The Morgan fingerprint density at radius 1 is 1.57 bits per heavy atom. The van der Waals surface area contributed by atoms with Crippen molar-refractivity contribution < 1.29 is 14.3 Å². The van der Waals surface area contributed by atoms with Crippen molar-refractivity contribution in [3.8, 4) is 0 Å². The van der Waals surface area contributed by atoms with E-state index in [1.54, 1.807) is 14.0 Å². The van der Waals surface area contributed by atoms with Gasteiger partial charge in [0.25, 0.3) is 0 Å². The second-order valence-corrected chi connectivity index (χ2v) is 3.22. The number of carbonyl (C=O) groups is 2. The summed E-state index contributed by atoms with van der Waals surface area (Å²) in [5.74, 6) is -0.383. The van der Waals surface area contributed by atoms with Crippen molar-refractivity contribution in [2.45, 2.75) is 32.9 Å². The molecule has 0 radical (unpaired) electrons. The van der Waals surface area contributed by atoms with Crippen LogP contribution in [0.4, 0.5) is 0 Å². The number of hydrogen-bond donors (Lipinski definition) is 0. The Balaban J connectivity index is 2.72. The van der Waals surface area contributed by atoms with Gasteiger partial charge in [-0.1, -0.05) is 13.8 Å². The molecule has 0 saturated carbocycles. The molecule has 1 unspecified atom stereocenters. The quantitative estimate of drug-likeness (QED) is 0.636. The van der Waals surface area contributed by atoms with Crippen LogP contribution in [-0.4, -0.2) is 30.1 Å². The zero-order valence-electron chi connectivity index (χ0n) is 8.74. The van der Waals surface area contributed by atoms with Crippen LogP contribution in [0.2, 0.25) is 0 Å². The summed E-state index contributed by atoms with van der Waals surface area (Å²) in [6, 6.07) is 0. The normalized spacial score (nSPS) is 21.1. The Morgan fingerprint density at radius 2 is 2.21 bits per heavy atom. The van der Waals surface area contributed by atoms with Crippen LogP contribution < -0.4 is 0 Å². The van der Waals surface area contributed by atoms with Crippen LogP contribution in [0.3, 0.4) is 0 Å². The second kappa shape index (κ2) is 4.26. The number of amides is 1. The van der Waals surface area contributed by atoms with E-state index in [-0.39, 0.29) is 11.9 Å². The van der Waals surface area contributed by atoms with Gasteiger partial charge in [0.2, 0.25) is 12.1 Å². The van der Waals surface area contributed by atoms with Crippen LogP contribution in [-0.2, 0) is 14.3 Å². The van der Waals surface area contributed by atoms with Crippen molar-refractivity contribution in [3.05, 3.63) is 11.6 Å². The molecule has 0 aromatic heterocycles. The van der Waals surface area contributed by atoms with E-state index in [9.17, 15) is 9.59 Å². The Kier molecular flexibility index (Phi) is 3.28. The largest absolute Gasteiger partial charge is 0.437 e. The van der Waals surface area contributed by atoms with Gasteiger partial charge in [-0.15, -0.1) is 0 Å². The van der Waals surface area contributed by atoms with Crippen LogP contribution in [0.5, 0.6) is 0 Å². The summed E-state index contributed by atoms with van der Waals surface area (Å²) < 4.78 is 5.14. The van der Waals surface area contributed by atoms with Crippen molar-refractivity contribution in [2.24, 2.45) is 0 Å². The Bertz CT molecular complexity index is 283. The molecule has 0 aromatic rings. The van der Waals surface area contributed by atoms with Crippen LogP contribution in [0.25, 0.3) is 0 Å². The molecule has 0 N–H and O–H groups in total. The Morgan fingerprint density at radius 3 is 2.71 bits per heavy atom. The summed E-state index contributed by atoms with van der Waals surface area (Å²) in [6.07, 6.45) is 2.10. The highest BCUT2D eigenvalue weighted by Crippen LogP contribution is 2.21. The minimum atomic E-state index is -0.486. The number of nitrogens with zero attached hydrogens (tertiary/aromatic N) is 1. The zero-order valence-corrected chi connectivity index (χ0v) is 8.74. The monoisotopic (exact) mass is 197 g/mol. The first-order valence-electron chi connectivity index (χ1n) is 4.76. The number of ether oxygens (including phenoxy) is 1. The topological polar surface area (TPSA) is 46.6 Å². The average Bonchev–Trinajstić information content (AvgIpc) is 2.45. The van der Waals surface area contributed by atoms with Gasteiger partial charge >= 0.3 is 5.97 Å². The fourth-order valence-corrected chi connectivity index (χ4v) is 1.34. The summed E-state index contributed by atoms with van der Waals surface area (Å²) >= 11 is 0. The molecule has 0 spiro atoms. The Hall–Kier alpha value is -1.32. The van der Waals surface area contributed by atoms with Crippen molar-refractivity contribution in [1.29, 1.82) is 0 Å². The maximum atomic E-state index is 11.3. The van der Waals surface area contributed by atoms with E-state index in [0.717, 1.165) is 12.0 Å². The lowest BCUT2D eigenvalue weighted by Crippen LogP contribution is -2.35. The smallest absolute Gasteiger partial charge is 0.307 e. The number of likely N-dealkylation sites (N-methyl/N-ethyl adjacent to an activating group) is 1. The summed E-state index contributed by atoms with van der Waals surface area (Å²) in [5.41, 5.74) is 0.860. The van der Waals surface area contributed by atoms with Crippen LogP contribution in [0.15, 0.2) is 11.6 Å². The molecule has 1 heterocycles. The maximum Gasteiger partial charge on any atom is 0.307 e. The number of carbonyl (C=O) groups excluding carboxylic acids is 2. The summed E-state index contributed by atoms with van der Waals surface area (Å²) in [6.45, 7) is 3.67. The zero-order chi connectivity index (χ0) is 10.7. The summed E-state index contributed by atoms with van der Waals surface area (Å²) in [7, 11) is 1.63. The predicted octanol–water partition coefficient (Wildman–Crippen LogP) is 1.07. The van der Waals surface area contributed by atoms with E-state index in [0.29, 0.717) is 6.42 Å². The molecule has 4 nitrogen and oxygen atoms in total. The number of esters is 1. The molecule has 1 atom stereocenters. The van der Waals surface area contributed by atoms with Gasteiger partial charge in [0.1, 0.15) is 0 Å². The molecular formula is C10H15NO3. The van der Waals surface area contributed by atoms with Gasteiger partial charge in [-0.25, -0.2) is 0 Å². The maximum absolute atomic E-state index is 11.3. The van der Waals surface area contributed by atoms with Crippen molar-refractivity contribution in [2.75, 3.05) is 7.05 Å². The van der Waals surface area contributed by atoms with Crippen LogP contribution in [0, 0.1) is 0 Å². The van der Waals surface area contributed by atoms with E-state index in [1.807, 2.05) is 6.92 Å². The highest BCUT2D eigenvalue weighted by molar-refractivity contribution is 5.91. The molecule has 14 heavy (non-hydrogen) atoms. The average molecular weight is 197 g/mol. The lowest BCUT2D eigenvalue weighted by molar-refractivity contribution is -0.156. The predicted molar refractivity (Wildman–Crippen MR) is 51.3 cm³/mol. The first kappa shape index (κ1) is 10.8. The molecule has 0 bridgehead atoms. The lowest BCUT2D eigenvalue weighted by Gasteiger charge is -2.22. The Labute approximate surface area is 83.5 Å². The molecule has 1 aliphatic heterocycles. The SMILES string of the molecule is CCC(=O)OC1C(CC)=CC(=O)N1C. The molecule has 0 saturated heterocycles. The fraction of sp³-hybridized carbons (Fsp3) is 0.600. The van der Waals surface area contributed by atoms with Gasteiger partial charge in [0.15, 0.2) is 0 Å². The van der Waals surface area contributed by atoms with E-state index in [2.05, 4.69) is 0 Å². The summed E-state index contributed by atoms with van der Waals surface area (Å²) in [4.78, 5) is 23.8. The molecule has 0 aliphatic carbocycles. The highest BCUT2D eigenvalue weighted by atomic mass is 16.6. The van der Waals surface area contributed by atoms with Gasteiger partial charge in [0.05, 0.1) is 0 Å². The van der Waals surface area contributed by atoms with Gasteiger partial charge in [-0.05, 0) is 12.0 Å². The number of rotatable bonds is 3. The minimum absolute atomic E-state index is 0.101. The standard InChI is InChI=1S/C10H15NO3/c1-4-7-6-8(12)11(3)10(7)14-9(13)5-2/h6,10H,4-5H2,1-3H3. The number of hydrogen-bond acceptors (Lipinski definition) is 3. The second-order valence-electron chi connectivity index (χ2n) is 3.22. The minimum Gasteiger partial charge on any atom is -0.437 e. The van der Waals surface area contributed by atoms with Crippen molar-refractivity contribution >= 4 is 11.9 Å². The first-order valence-corrected chi connectivity index (χ1v) is 4.76. The molecule has 4 heteroatoms. The first-order chi connectivity index (χ1) is 6.60. The van der Waals surface area contributed by atoms with Crippen LogP contribution in [0.1, 0.15) is 26.7 Å². The van der Waals surface area contributed by atoms with Gasteiger partial charge in [-0.3, -0.25) is 9.59 Å². The molecule has 1 rings (SSSR count). The third-order valence-electron chi connectivity index (χ3n) is 2.27. The third kappa shape index (κ3) is 1.95. The molecule has 1 aliphatic rings. The van der Waals surface area contributed by atoms with Gasteiger partial charge in [0, 0.05) is 19.5 Å². The third-order valence-corrected chi connectivity index (χ3v) is 2.27. The molecular weight excluding hydrogens is 182 g/mol. The highest BCUT2D eigenvalue weighted by Gasteiger charge is 2.31. The fourth-order valence-electron chi connectivity index (χ4n) is 1.34. The van der Waals surface area contributed by atoms with E-state index < -0.39 is 6.23 Å². The van der Waals surface area contributed by atoms with E-state index in [4.69, 9.17) is 4.74 Å². The molecule has 1 amide bonds. The van der Waals surface area contributed by atoms with Crippen molar-refractivity contribution in [3.63, 3.8) is 0 Å². The summed E-state index contributed by atoms with van der Waals surface area (Å²) in [5, 5.41) is 0.